The number of Topliss-reactive ketones (excluding diaryl/α,β-unsaturated/α-hetero) is 1. The maximum Gasteiger partial charge on any atom is 0.217 e. The van der Waals surface area contributed by atoms with E-state index >= 15 is 0 Å². The largest absolute Gasteiger partial charge is 0.300 e. The second-order valence-electron chi connectivity index (χ2n) is 4.39. The Morgan fingerprint density at radius 1 is 1.07 bits per heavy atom. The van der Waals surface area contributed by atoms with Crippen molar-refractivity contribution in [3.63, 3.8) is 0 Å². The molecule has 1 aliphatic heterocycles. The molecule has 0 unspecified atom stereocenters. The summed E-state index contributed by atoms with van der Waals surface area (Å²) in [7, 11) is -3.10. The van der Waals surface area contributed by atoms with E-state index in [2.05, 4.69) is 0 Å². The van der Waals surface area contributed by atoms with Crippen molar-refractivity contribution in [2.24, 2.45) is 0 Å². The van der Waals surface area contributed by atoms with Crippen LogP contribution < -0.4 is 0 Å². The standard InChI is InChI=1S/C10H17NO3S/c12-9-3-5-10(6-4-9)15(13,14)11-7-1-2-8-11/h10H,1-8H2. The molecule has 0 aromatic heterocycles. The molecule has 0 radical (unpaired) electrons. The van der Waals surface area contributed by atoms with Crippen LogP contribution in [0.15, 0.2) is 0 Å². The number of rotatable bonds is 2. The fraction of sp³-hybridized carbons (Fsp3) is 0.900. The van der Waals surface area contributed by atoms with Crippen LogP contribution in [0.5, 0.6) is 0 Å². The Labute approximate surface area is 90.7 Å². The molecular weight excluding hydrogens is 214 g/mol. The summed E-state index contributed by atoms with van der Waals surface area (Å²) in [5.74, 6) is 0.211. The smallest absolute Gasteiger partial charge is 0.217 e. The second-order valence-corrected chi connectivity index (χ2v) is 6.60. The summed E-state index contributed by atoms with van der Waals surface area (Å²) < 4.78 is 25.8. The summed E-state index contributed by atoms with van der Waals surface area (Å²) in [5, 5.41) is -0.298. The van der Waals surface area contributed by atoms with Crippen LogP contribution in [-0.2, 0) is 14.8 Å². The van der Waals surface area contributed by atoms with Gasteiger partial charge in [0.1, 0.15) is 5.78 Å². The summed E-state index contributed by atoms with van der Waals surface area (Å²) in [4.78, 5) is 11.0. The third-order valence-electron chi connectivity index (χ3n) is 3.34. The minimum absolute atomic E-state index is 0.211. The number of hydrogen-bond donors (Lipinski definition) is 0. The van der Waals surface area contributed by atoms with E-state index in [-0.39, 0.29) is 11.0 Å². The van der Waals surface area contributed by atoms with Crippen LogP contribution in [0.2, 0.25) is 0 Å². The molecule has 0 atom stereocenters. The molecule has 4 nitrogen and oxygen atoms in total. The molecule has 0 aromatic rings. The monoisotopic (exact) mass is 231 g/mol. The lowest BCUT2D eigenvalue weighted by atomic mass is 9.99. The molecule has 0 amide bonds. The average molecular weight is 231 g/mol. The zero-order valence-corrected chi connectivity index (χ0v) is 9.63. The minimum atomic E-state index is -3.10. The van der Waals surface area contributed by atoms with Gasteiger partial charge in [-0.1, -0.05) is 0 Å². The normalized spacial score (nSPS) is 26.0. The first-order valence-corrected chi connectivity index (χ1v) is 7.12. The molecule has 1 saturated heterocycles. The van der Waals surface area contributed by atoms with E-state index in [1.165, 1.54) is 0 Å². The van der Waals surface area contributed by atoms with Crippen molar-refractivity contribution in [1.82, 2.24) is 4.31 Å². The van der Waals surface area contributed by atoms with Crippen LogP contribution >= 0.6 is 0 Å². The maximum absolute atomic E-state index is 12.1. The van der Waals surface area contributed by atoms with Crippen molar-refractivity contribution < 1.29 is 13.2 Å². The van der Waals surface area contributed by atoms with Gasteiger partial charge >= 0.3 is 0 Å². The molecule has 15 heavy (non-hydrogen) atoms. The lowest BCUT2D eigenvalue weighted by Crippen LogP contribution is -2.38. The first kappa shape index (κ1) is 11.1. The Balaban J connectivity index is 2.05. The second kappa shape index (κ2) is 4.22. The molecule has 1 aliphatic carbocycles. The summed E-state index contributed by atoms with van der Waals surface area (Å²) in [5.41, 5.74) is 0. The highest BCUT2D eigenvalue weighted by molar-refractivity contribution is 7.89. The van der Waals surface area contributed by atoms with Crippen molar-refractivity contribution in [1.29, 1.82) is 0 Å². The van der Waals surface area contributed by atoms with Crippen LogP contribution in [0.1, 0.15) is 38.5 Å². The molecule has 5 heteroatoms. The fourth-order valence-corrected chi connectivity index (χ4v) is 4.38. The molecule has 1 heterocycles. The number of nitrogens with zero attached hydrogens (tertiary/aromatic N) is 1. The number of sulfonamides is 1. The molecule has 0 N–H and O–H groups in total. The molecule has 86 valence electrons. The van der Waals surface area contributed by atoms with E-state index in [1.54, 1.807) is 4.31 Å². The zero-order chi connectivity index (χ0) is 10.9. The Morgan fingerprint density at radius 2 is 1.60 bits per heavy atom. The summed E-state index contributed by atoms with van der Waals surface area (Å²) in [6.07, 6.45) is 3.89. The van der Waals surface area contributed by atoms with Gasteiger partial charge in [0.25, 0.3) is 0 Å². The Bertz CT molecular complexity index is 334. The van der Waals surface area contributed by atoms with Crippen molar-refractivity contribution in [2.75, 3.05) is 13.1 Å². The molecule has 0 spiro atoms. The van der Waals surface area contributed by atoms with E-state index in [9.17, 15) is 13.2 Å². The van der Waals surface area contributed by atoms with Crippen LogP contribution in [0.3, 0.4) is 0 Å². The molecule has 0 aromatic carbocycles. The Morgan fingerprint density at radius 3 is 2.13 bits per heavy atom. The van der Waals surface area contributed by atoms with Gasteiger partial charge in [0.2, 0.25) is 10.0 Å². The van der Waals surface area contributed by atoms with E-state index in [0.717, 1.165) is 12.8 Å². The summed E-state index contributed by atoms with van der Waals surface area (Å²) in [6.45, 7) is 1.35. The molecule has 1 saturated carbocycles. The first-order chi connectivity index (χ1) is 7.10. The molecular formula is C10H17NO3S. The van der Waals surface area contributed by atoms with E-state index < -0.39 is 10.0 Å². The van der Waals surface area contributed by atoms with Gasteiger partial charge in [0, 0.05) is 25.9 Å². The number of hydrogen-bond acceptors (Lipinski definition) is 3. The fourth-order valence-electron chi connectivity index (χ4n) is 2.36. The predicted molar refractivity (Wildman–Crippen MR) is 57.0 cm³/mol. The van der Waals surface area contributed by atoms with Gasteiger partial charge < -0.3 is 0 Å². The van der Waals surface area contributed by atoms with E-state index in [1.807, 2.05) is 0 Å². The van der Waals surface area contributed by atoms with Gasteiger partial charge in [-0.3, -0.25) is 4.79 Å². The van der Waals surface area contributed by atoms with Crippen molar-refractivity contribution in [2.45, 2.75) is 43.8 Å². The number of carbonyl (C=O) groups excluding carboxylic acids is 1. The summed E-state index contributed by atoms with van der Waals surface area (Å²) >= 11 is 0. The molecule has 0 bridgehead atoms. The third-order valence-corrected chi connectivity index (χ3v) is 5.74. The zero-order valence-electron chi connectivity index (χ0n) is 8.81. The molecule has 2 fully saturated rings. The van der Waals surface area contributed by atoms with Crippen molar-refractivity contribution >= 4 is 15.8 Å². The van der Waals surface area contributed by atoms with E-state index in [4.69, 9.17) is 0 Å². The van der Waals surface area contributed by atoms with Crippen LogP contribution in [0, 0.1) is 0 Å². The number of carbonyl (C=O) groups is 1. The maximum atomic E-state index is 12.1. The molecule has 2 aliphatic rings. The summed E-state index contributed by atoms with van der Waals surface area (Å²) in [6, 6.07) is 0. The minimum Gasteiger partial charge on any atom is -0.300 e. The third kappa shape index (κ3) is 2.23. The highest BCUT2D eigenvalue weighted by Gasteiger charge is 2.35. The highest BCUT2D eigenvalue weighted by Crippen LogP contribution is 2.26. The van der Waals surface area contributed by atoms with E-state index in [0.29, 0.717) is 38.8 Å². The first-order valence-electron chi connectivity index (χ1n) is 5.61. The lowest BCUT2D eigenvalue weighted by molar-refractivity contribution is -0.120. The highest BCUT2D eigenvalue weighted by atomic mass is 32.2. The van der Waals surface area contributed by atoms with Crippen molar-refractivity contribution in [3.05, 3.63) is 0 Å². The quantitative estimate of drug-likeness (QED) is 0.710. The number of ketones is 1. The molecule has 2 rings (SSSR count). The van der Waals surface area contributed by atoms with Gasteiger partial charge in [-0.25, -0.2) is 12.7 Å². The predicted octanol–water partition coefficient (Wildman–Crippen LogP) is 0.924. The average Bonchev–Trinajstić information content (AvgIpc) is 2.71. The van der Waals surface area contributed by atoms with Gasteiger partial charge in [-0.2, -0.15) is 0 Å². The van der Waals surface area contributed by atoms with Crippen LogP contribution in [0.4, 0.5) is 0 Å². The lowest BCUT2D eigenvalue weighted by Gasteiger charge is -2.26. The Hall–Kier alpha value is -0.420. The van der Waals surface area contributed by atoms with Crippen molar-refractivity contribution in [3.8, 4) is 0 Å². The van der Waals surface area contributed by atoms with Crippen LogP contribution in [0.25, 0.3) is 0 Å². The van der Waals surface area contributed by atoms with Gasteiger partial charge in [0.05, 0.1) is 5.25 Å². The van der Waals surface area contributed by atoms with Crippen LogP contribution in [-0.4, -0.2) is 36.8 Å². The topological polar surface area (TPSA) is 54.5 Å². The Kier molecular flexibility index (Phi) is 3.11. The van der Waals surface area contributed by atoms with Gasteiger partial charge in [0.15, 0.2) is 0 Å². The van der Waals surface area contributed by atoms with Gasteiger partial charge in [-0.15, -0.1) is 0 Å². The van der Waals surface area contributed by atoms with Gasteiger partial charge in [-0.05, 0) is 25.7 Å². The SMILES string of the molecule is O=C1CCC(S(=O)(=O)N2CCCC2)CC1.